The maximum atomic E-state index is 12.3. The van der Waals surface area contributed by atoms with Gasteiger partial charge in [-0.15, -0.1) is 0 Å². The zero-order valence-electron chi connectivity index (χ0n) is 14.9. The number of nitrogens with one attached hydrogen (secondary N) is 1. The summed E-state index contributed by atoms with van der Waals surface area (Å²) in [5.74, 6) is 0.946. The average Bonchev–Trinajstić information content (AvgIpc) is 2.55. The summed E-state index contributed by atoms with van der Waals surface area (Å²) in [6.07, 6.45) is -0.636. The third-order valence-electron chi connectivity index (χ3n) is 3.76. The van der Waals surface area contributed by atoms with Gasteiger partial charge in [0.1, 0.15) is 0 Å². The van der Waals surface area contributed by atoms with Crippen LogP contribution in [0.5, 0.6) is 11.5 Å². The van der Waals surface area contributed by atoms with Gasteiger partial charge in [0.05, 0.1) is 7.11 Å². The summed E-state index contributed by atoms with van der Waals surface area (Å²) < 4.78 is 10.9. The van der Waals surface area contributed by atoms with E-state index in [1.807, 2.05) is 36.4 Å². The fourth-order valence-corrected chi connectivity index (χ4v) is 2.26. The molecular weight excluding hydrogens is 302 g/mol. The van der Waals surface area contributed by atoms with Gasteiger partial charge in [0.15, 0.2) is 17.6 Å². The standard InChI is InChI=1S/C20H25NO3/c1-14(24-18-9-7-6-8-17(18)23-5)19(22)21-16-12-10-15(11-13-16)20(2,3)4/h6-14H,1-5H3,(H,21,22). The molecule has 0 spiro atoms. The smallest absolute Gasteiger partial charge is 0.265 e. The number of anilines is 1. The van der Waals surface area contributed by atoms with Gasteiger partial charge in [-0.05, 0) is 42.2 Å². The first-order chi connectivity index (χ1) is 11.3. The highest BCUT2D eigenvalue weighted by atomic mass is 16.5. The minimum absolute atomic E-state index is 0.0861. The van der Waals surface area contributed by atoms with E-state index in [-0.39, 0.29) is 11.3 Å². The number of para-hydroxylation sites is 2. The van der Waals surface area contributed by atoms with Gasteiger partial charge >= 0.3 is 0 Å². The molecule has 0 fully saturated rings. The van der Waals surface area contributed by atoms with Crippen molar-refractivity contribution in [2.75, 3.05) is 12.4 Å². The van der Waals surface area contributed by atoms with Gasteiger partial charge in [-0.25, -0.2) is 0 Å². The maximum absolute atomic E-state index is 12.3. The number of ether oxygens (including phenoxy) is 2. The second kappa shape index (κ2) is 7.39. The topological polar surface area (TPSA) is 47.6 Å². The molecule has 0 saturated heterocycles. The van der Waals surface area contributed by atoms with Gasteiger partial charge in [0.2, 0.25) is 0 Å². The van der Waals surface area contributed by atoms with Crippen molar-refractivity contribution in [1.82, 2.24) is 0 Å². The molecule has 1 unspecified atom stereocenters. The third kappa shape index (κ3) is 4.51. The highest BCUT2D eigenvalue weighted by molar-refractivity contribution is 5.94. The highest BCUT2D eigenvalue weighted by Gasteiger charge is 2.18. The lowest BCUT2D eigenvalue weighted by Crippen LogP contribution is -2.30. The molecule has 1 amide bonds. The van der Waals surface area contributed by atoms with Gasteiger partial charge in [0.25, 0.3) is 5.91 Å². The van der Waals surface area contributed by atoms with Crippen LogP contribution in [0.3, 0.4) is 0 Å². The van der Waals surface area contributed by atoms with E-state index in [0.29, 0.717) is 11.5 Å². The van der Waals surface area contributed by atoms with Crippen molar-refractivity contribution in [2.45, 2.75) is 39.2 Å². The van der Waals surface area contributed by atoms with E-state index in [9.17, 15) is 4.79 Å². The lowest BCUT2D eigenvalue weighted by molar-refractivity contribution is -0.122. The highest BCUT2D eigenvalue weighted by Crippen LogP contribution is 2.27. The summed E-state index contributed by atoms with van der Waals surface area (Å²) in [6.45, 7) is 8.18. The van der Waals surface area contributed by atoms with Gasteiger partial charge in [-0.1, -0.05) is 45.0 Å². The van der Waals surface area contributed by atoms with Crippen molar-refractivity contribution < 1.29 is 14.3 Å². The summed E-state index contributed by atoms with van der Waals surface area (Å²) in [4.78, 5) is 12.3. The predicted octanol–water partition coefficient (Wildman–Crippen LogP) is 4.40. The van der Waals surface area contributed by atoms with Crippen LogP contribution < -0.4 is 14.8 Å². The van der Waals surface area contributed by atoms with Gasteiger partial charge in [0, 0.05) is 5.69 Å². The summed E-state index contributed by atoms with van der Waals surface area (Å²) in [5.41, 5.74) is 2.06. The molecule has 0 radical (unpaired) electrons. The quantitative estimate of drug-likeness (QED) is 0.885. The van der Waals surface area contributed by atoms with E-state index in [1.54, 1.807) is 26.2 Å². The molecular formula is C20H25NO3. The normalized spacial score (nSPS) is 12.4. The molecule has 0 aliphatic carbocycles. The number of benzene rings is 2. The van der Waals surface area contributed by atoms with Gasteiger partial charge in [-0.2, -0.15) is 0 Å². The first kappa shape index (κ1) is 17.9. The Bertz CT molecular complexity index is 687. The van der Waals surface area contributed by atoms with Crippen LogP contribution in [-0.2, 0) is 10.2 Å². The van der Waals surface area contributed by atoms with Crippen LogP contribution in [0.2, 0.25) is 0 Å². The lowest BCUT2D eigenvalue weighted by atomic mass is 9.87. The number of carbonyl (C=O) groups excluding carboxylic acids is 1. The van der Waals surface area contributed by atoms with E-state index >= 15 is 0 Å². The summed E-state index contributed by atoms with van der Waals surface area (Å²) in [7, 11) is 1.57. The summed E-state index contributed by atoms with van der Waals surface area (Å²) in [5, 5.41) is 2.87. The van der Waals surface area contributed by atoms with Crippen molar-refractivity contribution in [3.63, 3.8) is 0 Å². The third-order valence-corrected chi connectivity index (χ3v) is 3.76. The molecule has 0 aliphatic heterocycles. The Morgan fingerprint density at radius 1 is 1.00 bits per heavy atom. The molecule has 0 saturated carbocycles. The molecule has 2 aromatic rings. The Kier molecular flexibility index (Phi) is 5.50. The van der Waals surface area contributed by atoms with Crippen LogP contribution in [-0.4, -0.2) is 19.1 Å². The number of hydrogen-bond acceptors (Lipinski definition) is 3. The average molecular weight is 327 g/mol. The molecule has 2 rings (SSSR count). The van der Waals surface area contributed by atoms with E-state index in [1.165, 1.54) is 5.56 Å². The van der Waals surface area contributed by atoms with Crippen LogP contribution in [0.15, 0.2) is 48.5 Å². The SMILES string of the molecule is COc1ccccc1OC(C)C(=O)Nc1ccc(C(C)(C)C)cc1. The summed E-state index contributed by atoms with van der Waals surface area (Å²) in [6, 6.07) is 15.2. The lowest BCUT2D eigenvalue weighted by Gasteiger charge is -2.20. The molecule has 1 atom stereocenters. The molecule has 0 heterocycles. The predicted molar refractivity (Wildman–Crippen MR) is 96.9 cm³/mol. The van der Waals surface area contributed by atoms with Crippen molar-refractivity contribution in [3.05, 3.63) is 54.1 Å². The van der Waals surface area contributed by atoms with Crippen molar-refractivity contribution >= 4 is 11.6 Å². The Labute approximate surface area is 143 Å². The Morgan fingerprint density at radius 3 is 2.12 bits per heavy atom. The molecule has 0 bridgehead atoms. The number of carbonyl (C=O) groups is 1. The summed E-state index contributed by atoms with van der Waals surface area (Å²) >= 11 is 0. The van der Waals surface area contributed by atoms with E-state index in [0.717, 1.165) is 5.69 Å². The molecule has 0 aromatic heterocycles. The minimum Gasteiger partial charge on any atom is -0.493 e. The van der Waals surface area contributed by atoms with Crippen molar-refractivity contribution in [3.8, 4) is 11.5 Å². The monoisotopic (exact) mass is 327 g/mol. The van der Waals surface area contributed by atoms with Crippen LogP contribution in [0.1, 0.15) is 33.3 Å². The van der Waals surface area contributed by atoms with E-state index in [4.69, 9.17) is 9.47 Å². The zero-order chi connectivity index (χ0) is 17.7. The number of amides is 1. The molecule has 1 N–H and O–H groups in total. The molecule has 4 nitrogen and oxygen atoms in total. The Balaban J connectivity index is 2.01. The Hall–Kier alpha value is -2.49. The van der Waals surface area contributed by atoms with Crippen molar-refractivity contribution in [1.29, 1.82) is 0 Å². The number of methoxy groups -OCH3 is 1. The van der Waals surface area contributed by atoms with E-state index < -0.39 is 6.10 Å². The number of hydrogen-bond donors (Lipinski definition) is 1. The first-order valence-electron chi connectivity index (χ1n) is 8.02. The van der Waals surface area contributed by atoms with Gasteiger partial charge < -0.3 is 14.8 Å². The maximum Gasteiger partial charge on any atom is 0.265 e. The molecule has 4 heteroatoms. The molecule has 128 valence electrons. The second-order valence-corrected chi connectivity index (χ2v) is 6.73. The Morgan fingerprint density at radius 2 is 1.58 bits per heavy atom. The largest absolute Gasteiger partial charge is 0.493 e. The van der Waals surface area contributed by atoms with E-state index in [2.05, 4.69) is 26.1 Å². The fourth-order valence-electron chi connectivity index (χ4n) is 2.26. The van der Waals surface area contributed by atoms with Crippen molar-refractivity contribution in [2.24, 2.45) is 0 Å². The van der Waals surface area contributed by atoms with Crippen LogP contribution in [0, 0.1) is 0 Å². The molecule has 0 aliphatic rings. The van der Waals surface area contributed by atoms with Gasteiger partial charge in [-0.3, -0.25) is 4.79 Å². The van der Waals surface area contributed by atoms with Crippen LogP contribution >= 0.6 is 0 Å². The first-order valence-corrected chi connectivity index (χ1v) is 8.02. The zero-order valence-corrected chi connectivity index (χ0v) is 14.9. The number of rotatable bonds is 5. The second-order valence-electron chi connectivity index (χ2n) is 6.73. The molecule has 2 aromatic carbocycles. The van der Waals surface area contributed by atoms with Crippen LogP contribution in [0.25, 0.3) is 0 Å². The molecule has 24 heavy (non-hydrogen) atoms. The van der Waals surface area contributed by atoms with Crippen LogP contribution in [0.4, 0.5) is 5.69 Å². The minimum atomic E-state index is -0.636. The fraction of sp³-hybridized carbons (Fsp3) is 0.350.